The summed E-state index contributed by atoms with van der Waals surface area (Å²) in [5.41, 5.74) is 6.18. The standard InChI is InChI=1S/C19H22ClN3O3/c20-17-12-14(6-7-18(17)26-15-4-2-1-3-5-15)22-19(24)23-10-11-25-16(13-23)8-9-21/h1-7,12,16H,8-11,13,21H2,(H,22,24)/t16-/m0/s1. The highest BCUT2D eigenvalue weighted by Crippen LogP contribution is 2.31. The van der Waals surface area contributed by atoms with E-state index in [1.54, 1.807) is 23.1 Å². The van der Waals surface area contributed by atoms with E-state index in [9.17, 15) is 4.79 Å². The minimum Gasteiger partial charge on any atom is -0.456 e. The summed E-state index contributed by atoms with van der Waals surface area (Å²) in [6.45, 7) is 2.14. The quantitative estimate of drug-likeness (QED) is 0.835. The summed E-state index contributed by atoms with van der Waals surface area (Å²) in [6, 6.07) is 14.4. The third-order valence-corrected chi connectivity index (χ3v) is 4.36. The van der Waals surface area contributed by atoms with Crippen molar-refractivity contribution in [2.75, 3.05) is 31.6 Å². The van der Waals surface area contributed by atoms with Crippen molar-refractivity contribution >= 4 is 23.3 Å². The molecule has 1 fully saturated rings. The summed E-state index contributed by atoms with van der Waals surface area (Å²) in [5.74, 6) is 1.23. The van der Waals surface area contributed by atoms with Crippen LogP contribution < -0.4 is 15.8 Å². The molecule has 7 heteroatoms. The zero-order valence-corrected chi connectivity index (χ0v) is 15.1. The molecule has 2 aromatic rings. The van der Waals surface area contributed by atoms with Crippen molar-refractivity contribution in [2.45, 2.75) is 12.5 Å². The van der Waals surface area contributed by atoms with Gasteiger partial charge in [-0.25, -0.2) is 4.79 Å². The van der Waals surface area contributed by atoms with Crippen LogP contribution in [-0.2, 0) is 4.74 Å². The van der Waals surface area contributed by atoms with Gasteiger partial charge >= 0.3 is 6.03 Å². The average molecular weight is 376 g/mol. The number of amides is 2. The van der Waals surface area contributed by atoms with Crippen LogP contribution in [0.5, 0.6) is 11.5 Å². The molecule has 3 N–H and O–H groups in total. The van der Waals surface area contributed by atoms with E-state index in [1.807, 2.05) is 30.3 Å². The van der Waals surface area contributed by atoms with Crippen LogP contribution in [0.4, 0.5) is 10.5 Å². The molecule has 0 aromatic heterocycles. The van der Waals surface area contributed by atoms with Gasteiger partial charge in [0.1, 0.15) is 11.5 Å². The molecular formula is C19H22ClN3O3. The molecule has 0 spiro atoms. The molecule has 0 radical (unpaired) electrons. The van der Waals surface area contributed by atoms with Crippen LogP contribution in [0.3, 0.4) is 0 Å². The second-order valence-electron chi connectivity index (χ2n) is 6.01. The summed E-state index contributed by atoms with van der Waals surface area (Å²) >= 11 is 6.29. The first-order valence-electron chi connectivity index (χ1n) is 8.56. The van der Waals surface area contributed by atoms with Gasteiger partial charge in [-0.2, -0.15) is 0 Å². The van der Waals surface area contributed by atoms with E-state index >= 15 is 0 Å². The van der Waals surface area contributed by atoms with Crippen LogP contribution in [0.2, 0.25) is 5.02 Å². The molecule has 1 heterocycles. The summed E-state index contributed by atoms with van der Waals surface area (Å²) < 4.78 is 11.3. The van der Waals surface area contributed by atoms with Gasteiger partial charge in [-0.3, -0.25) is 0 Å². The van der Waals surface area contributed by atoms with Gasteiger partial charge in [0.15, 0.2) is 0 Å². The van der Waals surface area contributed by atoms with Gasteiger partial charge in [-0.15, -0.1) is 0 Å². The fourth-order valence-corrected chi connectivity index (χ4v) is 2.96. The number of carbonyl (C=O) groups is 1. The van der Waals surface area contributed by atoms with Crippen molar-refractivity contribution < 1.29 is 14.3 Å². The summed E-state index contributed by atoms with van der Waals surface area (Å²) in [6.07, 6.45) is 0.728. The number of hydrogen-bond donors (Lipinski definition) is 2. The number of anilines is 1. The third-order valence-electron chi connectivity index (χ3n) is 4.07. The fourth-order valence-electron chi connectivity index (χ4n) is 2.74. The maximum atomic E-state index is 12.5. The number of ether oxygens (including phenoxy) is 2. The zero-order chi connectivity index (χ0) is 18.4. The second-order valence-corrected chi connectivity index (χ2v) is 6.41. The SMILES string of the molecule is NCC[C@H]1CN(C(=O)Nc2ccc(Oc3ccccc3)c(Cl)c2)CCO1. The predicted octanol–water partition coefficient (Wildman–Crippen LogP) is 3.71. The summed E-state index contributed by atoms with van der Waals surface area (Å²) in [7, 11) is 0. The zero-order valence-electron chi connectivity index (χ0n) is 14.4. The molecule has 26 heavy (non-hydrogen) atoms. The Labute approximate surface area is 157 Å². The lowest BCUT2D eigenvalue weighted by atomic mass is 10.2. The molecule has 2 aromatic carbocycles. The molecule has 2 amide bonds. The van der Waals surface area contributed by atoms with Gasteiger partial charge in [0.25, 0.3) is 0 Å². The molecule has 0 aliphatic carbocycles. The minimum atomic E-state index is -0.178. The van der Waals surface area contributed by atoms with Crippen LogP contribution in [-0.4, -0.2) is 43.3 Å². The maximum Gasteiger partial charge on any atom is 0.322 e. The van der Waals surface area contributed by atoms with Gasteiger partial charge in [-0.05, 0) is 43.3 Å². The van der Waals surface area contributed by atoms with Gasteiger partial charge < -0.3 is 25.4 Å². The van der Waals surface area contributed by atoms with E-state index in [2.05, 4.69) is 5.32 Å². The van der Waals surface area contributed by atoms with Crippen molar-refractivity contribution in [3.05, 3.63) is 53.6 Å². The molecule has 3 rings (SSSR count). The van der Waals surface area contributed by atoms with Crippen molar-refractivity contribution in [3.8, 4) is 11.5 Å². The molecule has 1 atom stereocenters. The lowest BCUT2D eigenvalue weighted by molar-refractivity contribution is -0.0146. The van der Waals surface area contributed by atoms with Crippen molar-refractivity contribution in [1.82, 2.24) is 4.90 Å². The van der Waals surface area contributed by atoms with Crippen molar-refractivity contribution in [3.63, 3.8) is 0 Å². The number of nitrogens with one attached hydrogen (secondary N) is 1. The Morgan fingerprint density at radius 3 is 2.85 bits per heavy atom. The first-order chi connectivity index (χ1) is 12.7. The Kier molecular flexibility index (Phi) is 6.33. The number of hydrogen-bond acceptors (Lipinski definition) is 4. The molecule has 1 aliphatic heterocycles. The first kappa shape index (κ1) is 18.5. The smallest absolute Gasteiger partial charge is 0.322 e. The van der Waals surface area contributed by atoms with E-state index in [1.165, 1.54) is 0 Å². The number of nitrogens with zero attached hydrogens (tertiary/aromatic N) is 1. The van der Waals surface area contributed by atoms with Gasteiger partial charge in [0.05, 0.1) is 17.7 Å². The van der Waals surface area contributed by atoms with E-state index in [0.29, 0.717) is 48.5 Å². The topological polar surface area (TPSA) is 76.8 Å². The number of urea groups is 1. The Balaban J connectivity index is 1.61. The average Bonchev–Trinajstić information content (AvgIpc) is 2.65. The molecule has 6 nitrogen and oxygen atoms in total. The van der Waals surface area contributed by atoms with Crippen LogP contribution in [0, 0.1) is 0 Å². The van der Waals surface area contributed by atoms with Gasteiger partial charge in [-0.1, -0.05) is 29.8 Å². The molecule has 1 aliphatic rings. The lowest BCUT2D eigenvalue weighted by Crippen LogP contribution is -2.47. The number of halogens is 1. The van der Waals surface area contributed by atoms with Gasteiger partial charge in [0.2, 0.25) is 0 Å². The number of rotatable bonds is 5. The second kappa shape index (κ2) is 8.89. The van der Waals surface area contributed by atoms with E-state index in [4.69, 9.17) is 26.8 Å². The Morgan fingerprint density at radius 1 is 1.31 bits per heavy atom. The maximum absolute atomic E-state index is 12.5. The van der Waals surface area contributed by atoms with Crippen LogP contribution in [0.1, 0.15) is 6.42 Å². The Hall–Kier alpha value is -2.28. The minimum absolute atomic E-state index is 0.00950. The van der Waals surface area contributed by atoms with Crippen LogP contribution >= 0.6 is 11.6 Å². The Bertz CT molecular complexity index is 740. The molecule has 0 saturated carbocycles. The monoisotopic (exact) mass is 375 g/mol. The van der Waals surface area contributed by atoms with Crippen LogP contribution in [0.25, 0.3) is 0 Å². The highest BCUT2D eigenvalue weighted by atomic mass is 35.5. The number of nitrogens with two attached hydrogens (primary N) is 1. The largest absolute Gasteiger partial charge is 0.456 e. The van der Waals surface area contributed by atoms with Gasteiger partial charge in [0, 0.05) is 18.8 Å². The Morgan fingerprint density at radius 2 is 2.12 bits per heavy atom. The van der Waals surface area contributed by atoms with E-state index < -0.39 is 0 Å². The summed E-state index contributed by atoms with van der Waals surface area (Å²) in [5, 5.41) is 3.29. The predicted molar refractivity (Wildman–Crippen MR) is 102 cm³/mol. The first-order valence-corrected chi connectivity index (χ1v) is 8.93. The third kappa shape index (κ3) is 4.88. The van der Waals surface area contributed by atoms with E-state index in [0.717, 1.165) is 6.42 Å². The highest BCUT2D eigenvalue weighted by Gasteiger charge is 2.23. The number of carbonyl (C=O) groups excluding carboxylic acids is 1. The lowest BCUT2D eigenvalue weighted by Gasteiger charge is -2.32. The van der Waals surface area contributed by atoms with Crippen molar-refractivity contribution in [2.24, 2.45) is 5.73 Å². The highest BCUT2D eigenvalue weighted by molar-refractivity contribution is 6.32. The molecule has 0 bridgehead atoms. The van der Waals surface area contributed by atoms with Crippen LogP contribution in [0.15, 0.2) is 48.5 Å². The molecule has 0 unspecified atom stereocenters. The molecule has 138 valence electrons. The number of para-hydroxylation sites is 1. The normalized spacial score (nSPS) is 17.0. The fraction of sp³-hybridized carbons (Fsp3) is 0.316. The van der Waals surface area contributed by atoms with Crippen molar-refractivity contribution in [1.29, 1.82) is 0 Å². The summed E-state index contributed by atoms with van der Waals surface area (Å²) in [4.78, 5) is 14.2. The van der Waals surface area contributed by atoms with E-state index in [-0.39, 0.29) is 12.1 Å². The number of morpholine rings is 1. The number of benzene rings is 2. The molecular weight excluding hydrogens is 354 g/mol. The molecule has 1 saturated heterocycles.